The Morgan fingerprint density at radius 3 is 2.33 bits per heavy atom. The van der Waals surface area contributed by atoms with Crippen molar-refractivity contribution in [3.8, 4) is 0 Å². The van der Waals surface area contributed by atoms with Crippen molar-refractivity contribution in [2.75, 3.05) is 32.7 Å². The molecule has 0 N–H and O–H groups in total. The summed E-state index contributed by atoms with van der Waals surface area (Å²) in [5.74, 6) is 0. The second-order valence-corrected chi connectivity index (χ2v) is 5.35. The van der Waals surface area contributed by atoms with E-state index in [4.69, 9.17) is 0 Å². The summed E-state index contributed by atoms with van der Waals surface area (Å²) in [5, 5.41) is 0. The van der Waals surface area contributed by atoms with Crippen molar-refractivity contribution in [3.63, 3.8) is 0 Å². The predicted molar refractivity (Wildman–Crippen MR) is 72.2 cm³/mol. The smallest absolute Gasteiger partial charge is 0.0209 e. The third-order valence-electron chi connectivity index (χ3n) is 2.88. The summed E-state index contributed by atoms with van der Waals surface area (Å²) in [6, 6.07) is 10.8. The second kappa shape index (κ2) is 5.82. The van der Waals surface area contributed by atoms with E-state index in [1.807, 2.05) is 0 Å². The molecule has 15 heavy (non-hydrogen) atoms. The van der Waals surface area contributed by atoms with Gasteiger partial charge < -0.3 is 4.90 Å². The standard InChI is InChI=1S/C12H17IN2/c13-15-10-8-14(9-11-15)7-6-12-4-2-1-3-5-12/h1-5H,6-11H2. The van der Waals surface area contributed by atoms with Crippen LogP contribution in [-0.2, 0) is 6.42 Å². The third kappa shape index (κ3) is 3.74. The van der Waals surface area contributed by atoms with E-state index in [2.05, 4.69) is 61.2 Å². The maximum Gasteiger partial charge on any atom is 0.0209 e. The monoisotopic (exact) mass is 316 g/mol. The van der Waals surface area contributed by atoms with E-state index in [9.17, 15) is 0 Å². The normalized spacial score (nSPS) is 19.3. The summed E-state index contributed by atoms with van der Waals surface area (Å²) in [6.45, 7) is 6.05. The van der Waals surface area contributed by atoms with Crippen LogP contribution < -0.4 is 0 Å². The Hall–Kier alpha value is -0.130. The van der Waals surface area contributed by atoms with Gasteiger partial charge in [0.15, 0.2) is 0 Å². The molecule has 1 fully saturated rings. The number of halogens is 1. The first-order chi connectivity index (χ1) is 7.34. The van der Waals surface area contributed by atoms with Crippen molar-refractivity contribution in [2.45, 2.75) is 6.42 Å². The van der Waals surface area contributed by atoms with Gasteiger partial charge in [-0.15, -0.1) is 0 Å². The Morgan fingerprint density at radius 2 is 1.67 bits per heavy atom. The highest BCUT2D eigenvalue weighted by Gasteiger charge is 2.13. The fraction of sp³-hybridized carbons (Fsp3) is 0.500. The van der Waals surface area contributed by atoms with Gasteiger partial charge in [0.2, 0.25) is 0 Å². The molecule has 0 bridgehead atoms. The molecular weight excluding hydrogens is 299 g/mol. The van der Waals surface area contributed by atoms with Crippen molar-refractivity contribution in [2.24, 2.45) is 0 Å². The van der Waals surface area contributed by atoms with E-state index in [0.29, 0.717) is 0 Å². The Kier molecular flexibility index (Phi) is 4.41. The van der Waals surface area contributed by atoms with Crippen LogP contribution in [-0.4, -0.2) is 40.7 Å². The molecule has 0 amide bonds. The molecule has 0 radical (unpaired) electrons. The highest BCUT2D eigenvalue weighted by atomic mass is 127. The van der Waals surface area contributed by atoms with Gasteiger partial charge in [0.1, 0.15) is 0 Å². The fourth-order valence-electron chi connectivity index (χ4n) is 1.88. The van der Waals surface area contributed by atoms with E-state index in [-0.39, 0.29) is 0 Å². The van der Waals surface area contributed by atoms with Crippen molar-refractivity contribution in [3.05, 3.63) is 35.9 Å². The van der Waals surface area contributed by atoms with Crippen LogP contribution in [0.4, 0.5) is 0 Å². The topological polar surface area (TPSA) is 6.48 Å². The zero-order valence-electron chi connectivity index (χ0n) is 8.90. The van der Waals surface area contributed by atoms with Crippen LogP contribution in [0.3, 0.4) is 0 Å². The minimum Gasteiger partial charge on any atom is -0.300 e. The van der Waals surface area contributed by atoms with Crippen LogP contribution in [0.15, 0.2) is 30.3 Å². The molecule has 1 aliphatic heterocycles. The maximum atomic E-state index is 2.56. The minimum absolute atomic E-state index is 1.18. The maximum absolute atomic E-state index is 2.56. The molecule has 0 spiro atoms. The molecule has 0 aliphatic carbocycles. The van der Waals surface area contributed by atoms with Crippen LogP contribution >= 0.6 is 22.9 Å². The van der Waals surface area contributed by atoms with Crippen LogP contribution in [0.25, 0.3) is 0 Å². The van der Waals surface area contributed by atoms with Crippen molar-refractivity contribution in [1.82, 2.24) is 8.01 Å². The summed E-state index contributed by atoms with van der Waals surface area (Å²) >= 11 is 2.41. The van der Waals surface area contributed by atoms with Gasteiger partial charge in [0.25, 0.3) is 0 Å². The zero-order chi connectivity index (χ0) is 10.5. The molecule has 2 nitrogen and oxygen atoms in total. The summed E-state index contributed by atoms with van der Waals surface area (Å²) in [7, 11) is 0. The Labute approximate surface area is 106 Å². The zero-order valence-corrected chi connectivity index (χ0v) is 11.1. The molecule has 1 aliphatic rings. The average Bonchev–Trinajstić information content (AvgIpc) is 2.30. The molecule has 82 valence electrons. The van der Waals surface area contributed by atoms with Gasteiger partial charge in [-0.25, -0.2) is 3.11 Å². The van der Waals surface area contributed by atoms with Gasteiger partial charge in [-0.2, -0.15) is 0 Å². The lowest BCUT2D eigenvalue weighted by atomic mass is 10.1. The fourth-order valence-corrected chi connectivity index (χ4v) is 2.31. The van der Waals surface area contributed by atoms with Gasteiger partial charge in [0, 0.05) is 55.6 Å². The van der Waals surface area contributed by atoms with Crippen molar-refractivity contribution >= 4 is 22.9 Å². The molecule has 1 aromatic carbocycles. The quantitative estimate of drug-likeness (QED) is 0.623. The average molecular weight is 316 g/mol. The molecule has 2 rings (SSSR count). The Balaban J connectivity index is 1.74. The lowest BCUT2D eigenvalue weighted by molar-refractivity contribution is 0.208. The SMILES string of the molecule is IN1CCN(CCc2ccccc2)CC1. The van der Waals surface area contributed by atoms with E-state index in [1.165, 1.54) is 44.7 Å². The minimum atomic E-state index is 1.18. The van der Waals surface area contributed by atoms with Crippen molar-refractivity contribution < 1.29 is 0 Å². The van der Waals surface area contributed by atoms with Gasteiger partial charge in [-0.05, 0) is 12.0 Å². The molecule has 1 aromatic rings. The predicted octanol–water partition coefficient (Wildman–Crippen LogP) is 2.20. The summed E-state index contributed by atoms with van der Waals surface area (Å²) in [4.78, 5) is 2.56. The van der Waals surface area contributed by atoms with Crippen molar-refractivity contribution in [1.29, 1.82) is 0 Å². The van der Waals surface area contributed by atoms with Crippen LogP contribution in [0, 0.1) is 0 Å². The number of benzene rings is 1. The lowest BCUT2D eigenvalue weighted by Gasteiger charge is -2.31. The summed E-state index contributed by atoms with van der Waals surface area (Å²) in [6.07, 6.45) is 1.18. The van der Waals surface area contributed by atoms with Gasteiger partial charge in [0.05, 0.1) is 0 Å². The number of rotatable bonds is 3. The number of piperazine rings is 1. The van der Waals surface area contributed by atoms with E-state index < -0.39 is 0 Å². The highest BCUT2D eigenvalue weighted by molar-refractivity contribution is 14.1. The van der Waals surface area contributed by atoms with Crippen LogP contribution in [0.1, 0.15) is 5.56 Å². The first kappa shape index (κ1) is 11.4. The molecule has 0 saturated carbocycles. The van der Waals surface area contributed by atoms with Gasteiger partial charge in [-0.1, -0.05) is 30.3 Å². The number of hydrogen-bond donors (Lipinski definition) is 0. The van der Waals surface area contributed by atoms with Gasteiger partial charge in [-0.3, -0.25) is 0 Å². The Morgan fingerprint density at radius 1 is 1.00 bits per heavy atom. The first-order valence-electron chi connectivity index (χ1n) is 5.51. The largest absolute Gasteiger partial charge is 0.300 e. The molecule has 3 heteroatoms. The summed E-state index contributed by atoms with van der Waals surface area (Å²) < 4.78 is 2.37. The van der Waals surface area contributed by atoms with Gasteiger partial charge >= 0.3 is 0 Å². The van der Waals surface area contributed by atoms with Crippen LogP contribution in [0.2, 0.25) is 0 Å². The summed E-state index contributed by atoms with van der Waals surface area (Å²) in [5.41, 5.74) is 1.45. The first-order valence-corrected chi connectivity index (χ1v) is 6.48. The Bertz CT molecular complexity index is 281. The molecule has 1 saturated heterocycles. The molecule has 0 aromatic heterocycles. The number of hydrogen-bond acceptors (Lipinski definition) is 2. The van der Waals surface area contributed by atoms with E-state index in [0.717, 1.165) is 0 Å². The third-order valence-corrected chi connectivity index (χ3v) is 3.84. The lowest BCUT2D eigenvalue weighted by Crippen LogP contribution is -2.42. The highest BCUT2D eigenvalue weighted by Crippen LogP contribution is 2.07. The van der Waals surface area contributed by atoms with E-state index >= 15 is 0 Å². The molecule has 1 heterocycles. The molecular formula is C12H17IN2. The van der Waals surface area contributed by atoms with Crippen LogP contribution in [0.5, 0.6) is 0 Å². The number of nitrogens with zero attached hydrogens (tertiary/aromatic N) is 2. The van der Waals surface area contributed by atoms with E-state index in [1.54, 1.807) is 0 Å². The molecule has 0 atom stereocenters. The second-order valence-electron chi connectivity index (χ2n) is 3.99. The molecule has 0 unspecified atom stereocenters.